The maximum Gasteiger partial charge on any atom is 0.387 e. The monoisotopic (exact) mass is 286 g/mol. The van der Waals surface area contributed by atoms with Gasteiger partial charge < -0.3 is 15.2 Å². The van der Waals surface area contributed by atoms with Gasteiger partial charge in [0.05, 0.1) is 7.11 Å². The van der Waals surface area contributed by atoms with E-state index in [1.54, 1.807) is 19.2 Å². The van der Waals surface area contributed by atoms with E-state index in [2.05, 4.69) is 16.6 Å². The highest BCUT2D eigenvalue weighted by Crippen LogP contribution is 2.28. The summed E-state index contributed by atoms with van der Waals surface area (Å²) in [4.78, 5) is 2.14. The Morgan fingerprint density at radius 3 is 2.70 bits per heavy atom. The molecule has 1 aromatic rings. The van der Waals surface area contributed by atoms with Crippen molar-refractivity contribution in [1.82, 2.24) is 4.90 Å². The number of nitrogens with zero attached hydrogens (tertiary/aromatic N) is 1. The van der Waals surface area contributed by atoms with Crippen molar-refractivity contribution in [1.29, 1.82) is 0 Å². The van der Waals surface area contributed by atoms with E-state index < -0.39 is 6.61 Å². The van der Waals surface area contributed by atoms with Crippen LogP contribution in [-0.4, -0.2) is 37.8 Å². The summed E-state index contributed by atoms with van der Waals surface area (Å²) in [7, 11) is 1.54. The van der Waals surface area contributed by atoms with Crippen molar-refractivity contribution in [2.24, 2.45) is 11.7 Å². The fourth-order valence-electron chi connectivity index (χ4n) is 2.48. The number of rotatable bonds is 5. The molecular weight excluding hydrogens is 266 g/mol. The highest BCUT2D eigenvalue weighted by molar-refractivity contribution is 5.40. The topological polar surface area (TPSA) is 47.7 Å². The SMILES string of the molecule is COc1ccc(OC(F)F)c(CN2CC(C)C(N)C2)c1. The van der Waals surface area contributed by atoms with E-state index in [0.29, 0.717) is 23.8 Å². The summed E-state index contributed by atoms with van der Waals surface area (Å²) < 4.78 is 34.6. The van der Waals surface area contributed by atoms with Crippen molar-refractivity contribution in [3.63, 3.8) is 0 Å². The molecule has 0 spiro atoms. The Kier molecular flexibility index (Phi) is 4.77. The molecule has 6 heteroatoms. The third kappa shape index (κ3) is 3.58. The fourth-order valence-corrected chi connectivity index (χ4v) is 2.48. The van der Waals surface area contributed by atoms with E-state index >= 15 is 0 Å². The summed E-state index contributed by atoms with van der Waals surface area (Å²) in [5.41, 5.74) is 6.67. The van der Waals surface area contributed by atoms with Crippen LogP contribution in [0.5, 0.6) is 11.5 Å². The summed E-state index contributed by atoms with van der Waals surface area (Å²) >= 11 is 0. The molecule has 112 valence electrons. The smallest absolute Gasteiger partial charge is 0.387 e. The molecule has 2 unspecified atom stereocenters. The van der Waals surface area contributed by atoms with Crippen LogP contribution in [0.25, 0.3) is 0 Å². The number of hydrogen-bond acceptors (Lipinski definition) is 4. The molecule has 1 aliphatic heterocycles. The van der Waals surface area contributed by atoms with Crippen molar-refractivity contribution in [2.45, 2.75) is 26.1 Å². The summed E-state index contributed by atoms with van der Waals surface area (Å²) in [5.74, 6) is 1.21. The second-order valence-corrected chi connectivity index (χ2v) is 5.19. The van der Waals surface area contributed by atoms with Crippen LogP contribution in [0.2, 0.25) is 0 Å². The summed E-state index contributed by atoms with van der Waals surface area (Å²) in [6.07, 6.45) is 0. The number of benzene rings is 1. The molecule has 0 radical (unpaired) electrons. The molecule has 0 aromatic heterocycles. The first kappa shape index (κ1) is 15.0. The standard InChI is InChI=1S/C14H20F2N2O2/c1-9-6-18(8-12(9)17)7-10-5-11(19-2)3-4-13(10)20-14(15)16/h3-5,9,12,14H,6-8,17H2,1-2H3. The van der Waals surface area contributed by atoms with Crippen LogP contribution in [0.15, 0.2) is 18.2 Å². The number of methoxy groups -OCH3 is 1. The van der Waals surface area contributed by atoms with Gasteiger partial charge in [-0.3, -0.25) is 4.90 Å². The highest BCUT2D eigenvalue weighted by atomic mass is 19.3. The van der Waals surface area contributed by atoms with E-state index in [-0.39, 0.29) is 11.8 Å². The molecule has 1 heterocycles. The van der Waals surface area contributed by atoms with Crippen LogP contribution in [0.4, 0.5) is 8.78 Å². The number of alkyl halides is 2. The van der Waals surface area contributed by atoms with E-state index in [1.165, 1.54) is 6.07 Å². The Balaban J connectivity index is 2.15. The molecule has 2 rings (SSSR count). The molecule has 4 nitrogen and oxygen atoms in total. The molecule has 2 atom stereocenters. The van der Waals surface area contributed by atoms with Crippen LogP contribution in [0.3, 0.4) is 0 Å². The Morgan fingerprint density at radius 2 is 2.15 bits per heavy atom. The van der Waals surface area contributed by atoms with Gasteiger partial charge >= 0.3 is 6.61 Å². The zero-order valence-corrected chi connectivity index (χ0v) is 11.7. The molecule has 0 saturated carbocycles. The van der Waals surface area contributed by atoms with Crippen molar-refractivity contribution >= 4 is 0 Å². The fraction of sp³-hybridized carbons (Fsp3) is 0.571. The van der Waals surface area contributed by atoms with E-state index in [9.17, 15) is 8.78 Å². The first-order valence-electron chi connectivity index (χ1n) is 6.59. The molecule has 2 N–H and O–H groups in total. The van der Waals surface area contributed by atoms with Crippen LogP contribution >= 0.6 is 0 Å². The largest absolute Gasteiger partial charge is 0.497 e. The average Bonchev–Trinajstić information content (AvgIpc) is 2.70. The van der Waals surface area contributed by atoms with Crippen molar-refractivity contribution < 1.29 is 18.3 Å². The Morgan fingerprint density at radius 1 is 1.40 bits per heavy atom. The van der Waals surface area contributed by atoms with Crippen LogP contribution < -0.4 is 15.2 Å². The molecule has 0 aliphatic carbocycles. The molecule has 20 heavy (non-hydrogen) atoms. The van der Waals surface area contributed by atoms with Gasteiger partial charge in [-0.15, -0.1) is 0 Å². The Labute approximate surface area is 117 Å². The van der Waals surface area contributed by atoms with Gasteiger partial charge in [0.1, 0.15) is 11.5 Å². The maximum absolute atomic E-state index is 12.4. The average molecular weight is 286 g/mol. The lowest BCUT2D eigenvalue weighted by atomic mass is 10.1. The maximum atomic E-state index is 12.4. The molecule has 1 fully saturated rings. The second kappa shape index (κ2) is 6.37. The second-order valence-electron chi connectivity index (χ2n) is 5.19. The van der Waals surface area contributed by atoms with Gasteiger partial charge in [0.25, 0.3) is 0 Å². The zero-order chi connectivity index (χ0) is 14.7. The lowest BCUT2D eigenvalue weighted by Gasteiger charge is -2.18. The lowest BCUT2D eigenvalue weighted by molar-refractivity contribution is -0.0507. The van der Waals surface area contributed by atoms with Crippen LogP contribution in [-0.2, 0) is 6.54 Å². The van der Waals surface area contributed by atoms with Crippen molar-refractivity contribution in [3.05, 3.63) is 23.8 Å². The minimum absolute atomic E-state index is 0.125. The predicted molar refractivity (Wildman–Crippen MR) is 72.0 cm³/mol. The molecule has 0 amide bonds. The summed E-state index contributed by atoms with van der Waals surface area (Å²) in [6, 6.07) is 4.98. The van der Waals surface area contributed by atoms with Gasteiger partial charge in [-0.25, -0.2) is 0 Å². The quantitative estimate of drug-likeness (QED) is 0.900. The molecule has 0 bridgehead atoms. The van der Waals surface area contributed by atoms with E-state index in [4.69, 9.17) is 10.5 Å². The highest BCUT2D eigenvalue weighted by Gasteiger charge is 2.27. The number of ether oxygens (including phenoxy) is 2. The first-order valence-corrected chi connectivity index (χ1v) is 6.59. The van der Waals surface area contributed by atoms with Gasteiger partial charge in [-0.05, 0) is 24.1 Å². The van der Waals surface area contributed by atoms with Crippen LogP contribution in [0.1, 0.15) is 12.5 Å². The summed E-state index contributed by atoms with van der Waals surface area (Å²) in [5, 5.41) is 0. The predicted octanol–water partition coefficient (Wildman–Crippen LogP) is 2.08. The van der Waals surface area contributed by atoms with Crippen molar-refractivity contribution in [2.75, 3.05) is 20.2 Å². The summed E-state index contributed by atoms with van der Waals surface area (Å²) in [6.45, 7) is 1.39. The molecule has 1 aromatic carbocycles. The number of nitrogens with two attached hydrogens (primary N) is 1. The lowest BCUT2D eigenvalue weighted by Crippen LogP contribution is -2.28. The Bertz CT molecular complexity index is 447. The first-order chi connectivity index (χ1) is 9.49. The van der Waals surface area contributed by atoms with Gasteiger partial charge in [0.2, 0.25) is 0 Å². The minimum Gasteiger partial charge on any atom is -0.497 e. The van der Waals surface area contributed by atoms with Gasteiger partial charge in [0.15, 0.2) is 0 Å². The van der Waals surface area contributed by atoms with Gasteiger partial charge in [0, 0.05) is 31.2 Å². The van der Waals surface area contributed by atoms with Gasteiger partial charge in [-0.2, -0.15) is 8.78 Å². The molecular formula is C14H20F2N2O2. The normalized spacial score (nSPS) is 23.3. The zero-order valence-electron chi connectivity index (χ0n) is 11.7. The van der Waals surface area contributed by atoms with Crippen molar-refractivity contribution in [3.8, 4) is 11.5 Å². The molecule has 1 aliphatic rings. The van der Waals surface area contributed by atoms with E-state index in [1.807, 2.05) is 0 Å². The number of halogens is 2. The van der Waals surface area contributed by atoms with Crippen LogP contribution in [0, 0.1) is 5.92 Å². The third-order valence-electron chi connectivity index (χ3n) is 3.62. The number of hydrogen-bond donors (Lipinski definition) is 1. The van der Waals surface area contributed by atoms with E-state index in [0.717, 1.165) is 13.1 Å². The molecule has 1 saturated heterocycles. The Hall–Kier alpha value is -1.40. The minimum atomic E-state index is -2.83. The van der Waals surface area contributed by atoms with Gasteiger partial charge in [-0.1, -0.05) is 6.92 Å². The third-order valence-corrected chi connectivity index (χ3v) is 3.62. The number of likely N-dealkylation sites (tertiary alicyclic amines) is 1.